The van der Waals surface area contributed by atoms with Crippen LogP contribution in [0.15, 0.2) is 54.6 Å². The van der Waals surface area contributed by atoms with E-state index in [1.54, 1.807) is 56.3 Å². The predicted octanol–water partition coefficient (Wildman–Crippen LogP) is 0.0805. The zero-order valence-corrected chi connectivity index (χ0v) is 21.6. The Bertz CT molecular complexity index is 1090. The molecule has 5 unspecified atom stereocenters. The number of benzene rings is 2. The fourth-order valence-corrected chi connectivity index (χ4v) is 3.73. The van der Waals surface area contributed by atoms with E-state index in [1.165, 1.54) is 19.1 Å². The summed E-state index contributed by atoms with van der Waals surface area (Å²) in [6.07, 6.45) is -1.17. The van der Waals surface area contributed by atoms with Gasteiger partial charge in [-0.25, -0.2) is 4.79 Å². The number of carboxylic acid groups (broad SMARTS) is 1. The first-order chi connectivity index (χ1) is 17.9. The summed E-state index contributed by atoms with van der Waals surface area (Å²) in [5.74, 6) is -3.82. The van der Waals surface area contributed by atoms with Gasteiger partial charge in [-0.3, -0.25) is 14.4 Å². The van der Waals surface area contributed by atoms with Crippen molar-refractivity contribution < 1.29 is 34.5 Å². The number of amides is 3. The third-order valence-electron chi connectivity index (χ3n) is 5.94. The van der Waals surface area contributed by atoms with E-state index in [0.29, 0.717) is 11.1 Å². The lowest BCUT2D eigenvalue weighted by Crippen LogP contribution is -2.60. The highest BCUT2D eigenvalue weighted by Crippen LogP contribution is 2.11. The van der Waals surface area contributed by atoms with Gasteiger partial charge in [-0.15, -0.1) is 0 Å². The fourth-order valence-electron chi connectivity index (χ4n) is 3.73. The summed E-state index contributed by atoms with van der Waals surface area (Å²) in [6, 6.07) is 10.1. The van der Waals surface area contributed by atoms with E-state index in [9.17, 15) is 34.5 Å². The van der Waals surface area contributed by atoms with Gasteiger partial charge in [0.05, 0.1) is 12.1 Å². The van der Waals surface area contributed by atoms with Crippen LogP contribution in [-0.4, -0.2) is 69.3 Å². The van der Waals surface area contributed by atoms with Gasteiger partial charge in [0.1, 0.15) is 23.9 Å². The first-order valence-electron chi connectivity index (χ1n) is 12.3. The minimum Gasteiger partial charge on any atom is -0.508 e. The van der Waals surface area contributed by atoms with E-state index in [2.05, 4.69) is 16.0 Å². The normalized spacial score (nSPS) is 15.0. The summed E-state index contributed by atoms with van der Waals surface area (Å²) < 4.78 is 0. The molecule has 2 aromatic carbocycles. The number of aliphatic carboxylic acids is 1. The number of rotatable bonds is 13. The van der Waals surface area contributed by atoms with Gasteiger partial charge < -0.3 is 37.0 Å². The van der Waals surface area contributed by atoms with E-state index in [1.807, 2.05) is 0 Å². The Morgan fingerprint density at radius 2 is 1.32 bits per heavy atom. The quantitative estimate of drug-likeness (QED) is 0.190. The highest BCUT2D eigenvalue weighted by molar-refractivity contribution is 5.94. The number of aliphatic hydroxyl groups excluding tert-OH is 1. The molecule has 2 rings (SSSR count). The molecule has 0 aliphatic rings. The largest absolute Gasteiger partial charge is 0.508 e. The Balaban J connectivity index is 2.17. The van der Waals surface area contributed by atoms with Gasteiger partial charge >= 0.3 is 5.97 Å². The summed E-state index contributed by atoms with van der Waals surface area (Å²) in [4.78, 5) is 50.5. The number of nitrogens with two attached hydrogens (primary N) is 1. The van der Waals surface area contributed by atoms with Crippen LogP contribution in [0.1, 0.15) is 31.9 Å². The van der Waals surface area contributed by atoms with Gasteiger partial charge in [0.15, 0.2) is 0 Å². The molecular weight excluding hydrogens is 492 g/mol. The van der Waals surface area contributed by atoms with Crippen LogP contribution in [-0.2, 0) is 32.0 Å². The molecule has 0 aromatic heterocycles. The number of carboxylic acids is 1. The van der Waals surface area contributed by atoms with Crippen molar-refractivity contribution in [2.75, 3.05) is 0 Å². The zero-order valence-electron chi connectivity index (χ0n) is 21.6. The van der Waals surface area contributed by atoms with E-state index in [4.69, 9.17) is 5.73 Å². The minimum absolute atomic E-state index is 0.0453. The number of nitrogens with one attached hydrogen (secondary N) is 3. The van der Waals surface area contributed by atoms with Gasteiger partial charge in [0, 0.05) is 6.42 Å². The predicted molar refractivity (Wildman–Crippen MR) is 140 cm³/mol. The SMILES string of the molecule is CC(C)C(NC(=O)C(Cc1ccccc1)NC(=O)C(NC(=O)C(N)Cc1ccc(O)cc1)C(C)O)C(=O)O. The molecule has 206 valence electrons. The van der Waals surface area contributed by atoms with Gasteiger partial charge in [0.2, 0.25) is 17.7 Å². The van der Waals surface area contributed by atoms with E-state index in [-0.39, 0.29) is 18.6 Å². The molecule has 8 N–H and O–H groups in total. The summed E-state index contributed by atoms with van der Waals surface area (Å²) in [6.45, 7) is 4.59. The fraction of sp³-hybridized carbons (Fsp3) is 0.407. The van der Waals surface area contributed by atoms with Crippen LogP contribution in [0.2, 0.25) is 0 Å². The Kier molecular flexibility index (Phi) is 11.2. The monoisotopic (exact) mass is 528 g/mol. The number of carbonyl (C=O) groups is 4. The average Bonchev–Trinajstić information content (AvgIpc) is 2.86. The number of phenols is 1. The van der Waals surface area contributed by atoms with Gasteiger partial charge in [0.25, 0.3) is 0 Å². The maximum absolute atomic E-state index is 13.1. The third-order valence-corrected chi connectivity index (χ3v) is 5.94. The molecule has 11 heteroatoms. The van der Waals surface area contributed by atoms with Crippen LogP contribution >= 0.6 is 0 Å². The summed E-state index contributed by atoms with van der Waals surface area (Å²) >= 11 is 0. The lowest BCUT2D eigenvalue weighted by molar-refractivity contribution is -0.143. The highest BCUT2D eigenvalue weighted by atomic mass is 16.4. The van der Waals surface area contributed by atoms with Crippen molar-refractivity contribution in [2.24, 2.45) is 11.7 Å². The second-order valence-electron chi connectivity index (χ2n) is 9.52. The molecule has 11 nitrogen and oxygen atoms in total. The lowest BCUT2D eigenvalue weighted by atomic mass is 10.0. The summed E-state index contributed by atoms with van der Waals surface area (Å²) in [5.41, 5.74) is 7.38. The molecule has 0 aliphatic carbocycles. The topological polar surface area (TPSA) is 191 Å². The van der Waals surface area contributed by atoms with Crippen molar-refractivity contribution in [3.05, 3.63) is 65.7 Å². The number of hydrogen-bond acceptors (Lipinski definition) is 7. The van der Waals surface area contributed by atoms with Crippen LogP contribution in [0.5, 0.6) is 5.75 Å². The molecule has 0 spiro atoms. The van der Waals surface area contributed by atoms with Crippen molar-refractivity contribution in [1.82, 2.24) is 16.0 Å². The first-order valence-corrected chi connectivity index (χ1v) is 12.3. The van der Waals surface area contributed by atoms with Crippen molar-refractivity contribution >= 4 is 23.7 Å². The Morgan fingerprint density at radius 1 is 0.763 bits per heavy atom. The average molecular weight is 529 g/mol. The van der Waals surface area contributed by atoms with Gasteiger partial charge in [-0.2, -0.15) is 0 Å². The summed E-state index contributed by atoms with van der Waals surface area (Å²) in [7, 11) is 0. The smallest absolute Gasteiger partial charge is 0.326 e. The second-order valence-corrected chi connectivity index (χ2v) is 9.52. The maximum atomic E-state index is 13.1. The number of aliphatic hydroxyl groups is 1. The van der Waals surface area contributed by atoms with Crippen molar-refractivity contribution in [1.29, 1.82) is 0 Å². The molecule has 0 aliphatic heterocycles. The van der Waals surface area contributed by atoms with Crippen molar-refractivity contribution in [2.45, 2.75) is 63.9 Å². The summed E-state index contributed by atoms with van der Waals surface area (Å²) in [5, 5.41) is 36.6. The highest BCUT2D eigenvalue weighted by Gasteiger charge is 2.33. The third kappa shape index (κ3) is 9.16. The minimum atomic E-state index is -1.43. The second kappa shape index (κ2) is 14.1. The molecule has 2 aromatic rings. The van der Waals surface area contributed by atoms with Gasteiger partial charge in [-0.05, 0) is 42.5 Å². The molecule has 0 radical (unpaired) electrons. The van der Waals surface area contributed by atoms with Crippen LogP contribution in [0.4, 0.5) is 0 Å². The number of hydrogen-bond donors (Lipinski definition) is 7. The Hall–Kier alpha value is -3.96. The molecule has 5 atom stereocenters. The van der Waals surface area contributed by atoms with E-state index in [0.717, 1.165) is 0 Å². The molecule has 0 saturated carbocycles. The molecule has 0 saturated heterocycles. The number of phenolic OH excluding ortho intramolecular Hbond substituents is 1. The molecule has 38 heavy (non-hydrogen) atoms. The van der Waals surface area contributed by atoms with Crippen LogP contribution in [0, 0.1) is 5.92 Å². The molecule has 3 amide bonds. The Labute approximate surface area is 221 Å². The Morgan fingerprint density at radius 3 is 1.84 bits per heavy atom. The zero-order chi connectivity index (χ0) is 28.4. The first kappa shape index (κ1) is 30.3. The molecule has 0 heterocycles. The van der Waals surface area contributed by atoms with Crippen LogP contribution in [0.25, 0.3) is 0 Å². The van der Waals surface area contributed by atoms with Crippen molar-refractivity contribution in [3.63, 3.8) is 0 Å². The standard InChI is InChI=1S/C27H36N4O7/c1-15(2)22(27(37)38)30-25(35)21(14-17-7-5-4-6-8-17)29-26(36)23(16(3)32)31-24(34)20(28)13-18-9-11-19(33)12-10-18/h4-12,15-16,20-23,32-33H,13-14,28H2,1-3H3,(H,29,36)(H,30,35)(H,31,34)(H,37,38). The van der Waals surface area contributed by atoms with Gasteiger partial charge in [-0.1, -0.05) is 56.3 Å². The molecule has 0 fully saturated rings. The number of aromatic hydroxyl groups is 1. The van der Waals surface area contributed by atoms with Crippen molar-refractivity contribution in [3.8, 4) is 5.75 Å². The van der Waals surface area contributed by atoms with E-state index >= 15 is 0 Å². The van der Waals surface area contributed by atoms with Crippen LogP contribution in [0.3, 0.4) is 0 Å². The van der Waals surface area contributed by atoms with E-state index < -0.39 is 59.9 Å². The molecule has 0 bridgehead atoms. The molecular formula is C27H36N4O7. The maximum Gasteiger partial charge on any atom is 0.326 e. The number of carbonyl (C=O) groups excluding carboxylic acids is 3. The lowest BCUT2D eigenvalue weighted by Gasteiger charge is -2.27. The van der Waals surface area contributed by atoms with Crippen LogP contribution < -0.4 is 21.7 Å².